The van der Waals surface area contributed by atoms with Gasteiger partial charge in [0.2, 0.25) is 0 Å². The molecule has 10 heteroatoms. The number of nitrogens with zero attached hydrogens (tertiary/aromatic N) is 6. The van der Waals surface area contributed by atoms with Gasteiger partial charge in [-0.1, -0.05) is 20.8 Å². The van der Waals surface area contributed by atoms with Crippen LogP contribution in [0.4, 0.5) is 11.5 Å². The first-order valence-electron chi connectivity index (χ1n) is 12.7. The van der Waals surface area contributed by atoms with Crippen LogP contribution >= 0.6 is 11.3 Å². The van der Waals surface area contributed by atoms with E-state index >= 15 is 0 Å². The number of pyridine rings is 1. The van der Waals surface area contributed by atoms with Crippen molar-refractivity contribution in [2.24, 2.45) is 7.05 Å². The van der Waals surface area contributed by atoms with Crippen LogP contribution in [0.1, 0.15) is 49.0 Å². The number of anilines is 2. The van der Waals surface area contributed by atoms with Crippen molar-refractivity contribution < 1.29 is 9.22 Å². The van der Waals surface area contributed by atoms with Crippen LogP contribution in [-0.4, -0.2) is 59.7 Å². The Balaban J connectivity index is 1.29. The zero-order chi connectivity index (χ0) is 25.7. The third-order valence-electron chi connectivity index (χ3n) is 7.68. The van der Waals surface area contributed by atoms with E-state index in [-0.39, 0.29) is 17.0 Å². The molecular weight excluding hydrogens is 488 g/mol. The molecule has 5 rings (SSSR count). The van der Waals surface area contributed by atoms with E-state index in [1.54, 1.807) is 15.8 Å². The Labute approximate surface area is 218 Å². The largest absolute Gasteiger partial charge is 0.412 e. The smallest absolute Gasteiger partial charge is 0.270 e. The van der Waals surface area contributed by atoms with Gasteiger partial charge in [-0.05, 0) is 43.1 Å². The second-order valence-corrected chi connectivity index (χ2v) is 17.1. The van der Waals surface area contributed by atoms with Crippen molar-refractivity contribution >= 4 is 37.1 Å². The summed E-state index contributed by atoms with van der Waals surface area (Å²) in [5, 5.41) is 5.26. The maximum absolute atomic E-state index is 13.2. The van der Waals surface area contributed by atoms with Crippen LogP contribution in [0.2, 0.25) is 18.1 Å². The minimum absolute atomic E-state index is 0.00123. The van der Waals surface area contributed by atoms with Crippen molar-refractivity contribution in [1.29, 1.82) is 0 Å². The van der Waals surface area contributed by atoms with Gasteiger partial charge in [-0.15, -0.1) is 11.3 Å². The van der Waals surface area contributed by atoms with Gasteiger partial charge in [-0.3, -0.25) is 9.48 Å². The molecule has 0 aromatic carbocycles. The van der Waals surface area contributed by atoms with E-state index in [4.69, 9.17) is 14.4 Å². The number of fused-ring (bicyclic) bond motifs is 1. The summed E-state index contributed by atoms with van der Waals surface area (Å²) in [6.45, 7) is 14.0. The van der Waals surface area contributed by atoms with E-state index in [0.717, 1.165) is 60.1 Å². The van der Waals surface area contributed by atoms with Gasteiger partial charge in [-0.2, -0.15) is 5.10 Å². The highest BCUT2D eigenvalue weighted by atomic mass is 32.1. The van der Waals surface area contributed by atoms with Crippen molar-refractivity contribution in [1.82, 2.24) is 19.7 Å². The van der Waals surface area contributed by atoms with Crippen molar-refractivity contribution in [3.8, 4) is 10.6 Å². The van der Waals surface area contributed by atoms with Crippen molar-refractivity contribution in [2.75, 3.05) is 29.4 Å². The number of carbonyl (C=O) groups excluding carboxylic acids is 1. The van der Waals surface area contributed by atoms with E-state index in [1.807, 2.05) is 19.4 Å². The van der Waals surface area contributed by atoms with Crippen LogP contribution in [0.5, 0.6) is 0 Å². The van der Waals surface area contributed by atoms with E-state index in [9.17, 15) is 4.79 Å². The molecule has 8 nitrogen and oxygen atoms in total. The Morgan fingerprint density at radius 1 is 1.17 bits per heavy atom. The minimum atomic E-state index is -1.80. The van der Waals surface area contributed by atoms with Crippen LogP contribution in [0.3, 0.4) is 0 Å². The lowest BCUT2D eigenvalue weighted by Gasteiger charge is -2.42. The average Bonchev–Trinajstić information content (AvgIpc) is 3.45. The van der Waals surface area contributed by atoms with Gasteiger partial charge in [0, 0.05) is 51.1 Å². The lowest BCUT2D eigenvalue weighted by atomic mass is 10.1. The zero-order valence-electron chi connectivity index (χ0n) is 22.1. The summed E-state index contributed by atoms with van der Waals surface area (Å²) in [6, 6.07) is 4.16. The summed E-state index contributed by atoms with van der Waals surface area (Å²) in [5.41, 5.74) is 2.65. The molecule has 0 saturated carbocycles. The number of piperidine rings is 1. The second-order valence-electron chi connectivity index (χ2n) is 11.4. The first-order valence-corrected chi connectivity index (χ1v) is 16.4. The number of aryl methyl sites for hydroxylation is 1. The Morgan fingerprint density at radius 3 is 2.64 bits per heavy atom. The molecule has 1 fully saturated rings. The molecule has 0 unspecified atom stereocenters. The molecule has 0 radical (unpaired) electrons. The summed E-state index contributed by atoms with van der Waals surface area (Å²) in [4.78, 5) is 27.6. The number of amides is 1. The molecule has 5 heterocycles. The number of rotatable bonds is 5. The summed E-state index contributed by atoms with van der Waals surface area (Å²) >= 11 is 1.45. The summed E-state index contributed by atoms with van der Waals surface area (Å²) in [7, 11) is 0.0554. The molecule has 3 aromatic rings. The quantitative estimate of drug-likeness (QED) is 0.431. The van der Waals surface area contributed by atoms with Crippen molar-refractivity contribution in [2.45, 2.75) is 64.3 Å². The van der Waals surface area contributed by atoms with Crippen LogP contribution < -0.4 is 9.80 Å². The van der Waals surface area contributed by atoms with Gasteiger partial charge >= 0.3 is 0 Å². The Hall–Kier alpha value is -2.56. The lowest BCUT2D eigenvalue weighted by Crippen LogP contribution is -2.49. The second kappa shape index (κ2) is 9.39. The fourth-order valence-electron chi connectivity index (χ4n) is 4.58. The van der Waals surface area contributed by atoms with Crippen molar-refractivity contribution in [3.63, 3.8) is 0 Å². The number of thiazole rings is 1. The molecule has 1 amide bonds. The lowest BCUT2D eigenvalue weighted by molar-refractivity contribution is 0.0984. The van der Waals surface area contributed by atoms with Crippen LogP contribution in [0.15, 0.2) is 30.7 Å². The molecule has 2 aliphatic heterocycles. The zero-order valence-corrected chi connectivity index (χ0v) is 23.9. The Bertz CT molecular complexity index is 1250. The fourth-order valence-corrected chi connectivity index (χ4v) is 7.01. The van der Waals surface area contributed by atoms with E-state index < -0.39 is 8.32 Å². The van der Waals surface area contributed by atoms with Gasteiger partial charge in [-0.25, -0.2) is 9.97 Å². The van der Waals surface area contributed by atoms with Crippen molar-refractivity contribution in [3.05, 3.63) is 41.3 Å². The monoisotopic (exact) mass is 524 g/mol. The predicted octanol–water partition coefficient (Wildman–Crippen LogP) is 5.13. The van der Waals surface area contributed by atoms with E-state index in [2.05, 4.69) is 56.0 Å². The van der Waals surface area contributed by atoms with Crippen LogP contribution in [0.25, 0.3) is 10.6 Å². The van der Waals surface area contributed by atoms with Gasteiger partial charge in [0.25, 0.3) is 5.91 Å². The van der Waals surface area contributed by atoms with Gasteiger partial charge in [0.1, 0.15) is 15.7 Å². The van der Waals surface area contributed by atoms with Gasteiger partial charge in [0.05, 0.1) is 23.7 Å². The normalized spacial score (nSPS) is 19.1. The topological polar surface area (TPSA) is 76.4 Å². The molecule has 0 bridgehead atoms. The Morgan fingerprint density at radius 2 is 1.97 bits per heavy atom. The molecule has 2 aliphatic rings. The molecule has 0 aliphatic carbocycles. The molecular formula is C26H36N6O2SSi. The Kier molecular flexibility index (Phi) is 6.55. The van der Waals surface area contributed by atoms with Crippen LogP contribution in [0, 0.1) is 0 Å². The number of hydrogen-bond donors (Lipinski definition) is 0. The molecule has 192 valence electrons. The number of carbonyl (C=O) groups is 1. The highest BCUT2D eigenvalue weighted by molar-refractivity contribution is 7.17. The molecule has 1 saturated heterocycles. The first kappa shape index (κ1) is 25.1. The average molecular weight is 525 g/mol. The number of hydrogen-bond acceptors (Lipinski definition) is 7. The maximum Gasteiger partial charge on any atom is 0.270 e. The fraction of sp³-hybridized carbons (Fsp3) is 0.538. The van der Waals surface area contributed by atoms with Gasteiger partial charge < -0.3 is 14.2 Å². The van der Waals surface area contributed by atoms with E-state index in [0.29, 0.717) is 11.4 Å². The summed E-state index contributed by atoms with van der Waals surface area (Å²) < 4.78 is 8.42. The summed E-state index contributed by atoms with van der Waals surface area (Å²) in [5.74, 6) is 0.973. The third kappa shape index (κ3) is 4.86. The highest BCUT2D eigenvalue weighted by Gasteiger charge is 2.40. The molecule has 1 atom stereocenters. The summed E-state index contributed by atoms with van der Waals surface area (Å²) in [6.07, 6.45) is 8.70. The molecule has 0 N–H and O–H groups in total. The molecule has 36 heavy (non-hydrogen) atoms. The highest BCUT2D eigenvalue weighted by Crippen LogP contribution is 2.39. The molecule has 3 aromatic heterocycles. The SMILES string of the molecule is Cn1cc(N2CCc3nc(-c4ccc(N5CCC[C@H](O[Si](C)(C)C(C)(C)C)C5)nc4)sc3C2=O)cn1. The molecule has 0 spiro atoms. The first-order chi connectivity index (χ1) is 17.0. The predicted molar refractivity (Wildman–Crippen MR) is 147 cm³/mol. The third-order valence-corrected chi connectivity index (χ3v) is 13.3. The van der Waals surface area contributed by atoms with E-state index in [1.165, 1.54) is 11.3 Å². The maximum atomic E-state index is 13.2. The standard InChI is InChI=1S/C26H36N6O2SSi/c1-26(2,3)36(5,6)34-20-8-7-12-31(17-20)22-10-9-18(14-27-22)24-29-21-11-13-32(25(33)23(21)35-24)19-15-28-30(4)16-19/h9-10,14-16,20H,7-8,11-13,17H2,1-6H3/t20-/m0/s1. The minimum Gasteiger partial charge on any atom is -0.412 e. The van der Waals surface area contributed by atoms with Gasteiger partial charge in [0.15, 0.2) is 8.32 Å². The van der Waals surface area contributed by atoms with Crippen LogP contribution in [-0.2, 0) is 17.9 Å². The number of aromatic nitrogens is 4.